The number of amides is 1. The van der Waals surface area contributed by atoms with E-state index in [9.17, 15) is 13.2 Å². The fourth-order valence-electron chi connectivity index (χ4n) is 2.05. The van der Waals surface area contributed by atoms with E-state index in [0.29, 0.717) is 12.1 Å². The van der Waals surface area contributed by atoms with Gasteiger partial charge in [-0.05, 0) is 42.5 Å². The first kappa shape index (κ1) is 17.7. The highest BCUT2D eigenvalue weighted by Crippen LogP contribution is 2.18. The Labute approximate surface area is 141 Å². The highest BCUT2D eigenvalue weighted by atomic mass is 32.2. The first-order valence-electron chi connectivity index (χ1n) is 7.24. The standard InChI is InChI=1S/C16H20N2O3S2/c1-18(2)23(20,21)15-9-3-6-13(12-15)17-16(19)10-4-7-14-8-5-11-22-14/h3,5-6,8-9,11-12H,4,7,10H2,1-2H3,(H,17,19). The Morgan fingerprint density at radius 2 is 2.00 bits per heavy atom. The summed E-state index contributed by atoms with van der Waals surface area (Å²) in [6.45, 7) is 0. The molecule has 0 radical (unpaired) electrons. The number of hydrogen-bond acceptors (Lipinski definition) is 4. The van der Waals surface area contributed by atoms with Crippen LogP contribution >= 0.6 is 11.3 Å². The molecule has 124 valence electrons. The lowest BCUT2D eigenvalue weighted by atomic mass is 10.2. The lowest BCUT2D eigenvalue weighted by molar-refractivity contribution is -0.116. The first-order valence-corrected chi connectivity index (χ1v) is 9.56. The van der Waals surface area contributed by atoms with Gasteiger partial charge < -0.3 is 5.32 Å². The third kappa shape index (κ3) is 4.89. The summed E-state index contributed by atoms with van der Waals surface area (Å²) in [6.07, 6.45) is 2.05. The van der Waals surface area contributed by atoms with E-state index < -0.39 is 10.0 Å². The molecular formula is C16H20N2O3S2. The van der Waals surface area contributed by atoms with Gasteiger partial charge in [-0.15, -0.1) is 11.3 Å². The van der Waals surface area contributed by atoms with Crippen LogP contribution in [-0.4, -0.2) is 32.7 Å². The quantitative estimate of drug-likeness (QED) is 0.833. The smallest absolute Gasteiger partial charge is 0.242 e. The fraction of sp³-hybridized carbons (Fsp3) is 0.312. The number of rotatable bonds is 7. The number of carbonyl (C=O) groups excluding carboxylic acids is 1. The molecule has 0 spiro atoms. The molecule has 1 amide bonds. The zero-order valence-electron chi connectivity index (χ0n) is 13.2. The van der Waals surface area contributed by atoms with Crippen LogP contribution < -0.4 is 5.32 Å². The van der Waals surface area contributed by atoms with Crippen LogP contribution in [0.25, 0.3) is 0 Å². The molecule has 0 aliphatic heterocycles. The molecule has 0 fully saturated rings. The first-order chi connectivity index (χ1) is 10.9. The summed E-state index contributed by atoms with van der Waals surface area (Å²) in [5, 5.41) is 4.77. The SMILES string of the molecule is CN(C)S(=O)(=O)c1cccc(NC(=O)CCCc2cccs2)c1. The molecule has 1 N–H and O–H groups in total. The van der Waals surface area contributed by atoms with Crippen LogP contribution in [-0.2, 0) is 21.2 Å². The van der Waals surface area contributed by atoms with Crippen molar-refractivity contribution in [1.29, 1.82) is 0 Å². The fourth-order valence-corrected chi connectivity index (χ4v) is 3.75. The van der Waals surface area contributed by atoms with Crippen LogP contribution in [0.4, 0.5) is 5.69 Å². The molecule has 0 saturated heterocycles. The van der Waals surface area contributed by atoms with Crippen molar-refractivity contribution in [3.63, 3.8) is 0 Å². The zero-order chi connectivity index (χ0) is 16.9. The van der Waals surface area contributed by atoms with Crippen LogP contribution in [0.1, 0.15) is 17.7 Å². The number of benzene rings is 1. The molecule has 23 heavy (non-hydrogen) atoms. The molecule has 0 atom stereocenters. The van der Waals surface area contributed by atoms with E-state index in [2.05, 4.69) is 11.4 Å². The van der Waals surface area contributed by atoms with E-state index >= 15 is 0 Å². The van der Waals surface area contributed by atoms with Gasteiger partial charge in [-0.25, -0.2) is 12.7 Å². The Balaban J connectivity index is 1.93. The Bertz CT molecular complexity index is 753. The maximum absolute atomic E-state index is 12.1. The van der Waals surface area contributed by atoms with E-state index in [1.807, 2.05) is 11.4 Å². The molecule has 0 aliphatic rings. The van der Waals surface area contributed by atoms with Crippen molar-refractivity contribution in [3.05, 3.63) is 46.7 Å². The maximum Gasteiger partial charge on any atom is 0.242 e. The van der Waals surface area contributed by atoms with Gasteiger partial charge in [-0.3, -0.25) is 4.79 Å². The number of nitrogens with one attached hydrogen (secondary N) is 1. The van der Waals surface area contributed by atoms with Crippen molar-refractivity contribution in [2.75, 3.05) is 19.4 Å². The predicted octanol–water partition coefficient (Wildman–Crippen LogP) is 2.96. The minimum atomic E-state index is -3.50. The van der Waals surface area contributed by atoms with Crippen molar-refractivity contribution in [2.45, 2.75) is 24.2 Å². The molecule has 1 heterocycles. The third-order valence-electron chi connectivity index (χ3n) is 3.30. The van der Waals surface area contributed by atoms with Crippen molar-refractivity contribution >= 4 is 33.0 Å². The maximum atomic E-state index is 12.1. The lowest BCUT2D eigenvalue weighted by Crippen LogP contribution is -2.22. The summed E-state index contributed by atoms with van der Waals surface area (Å²) in [7, 11) is -0.544. The van der Waals surface area contributed by atoms with Crippen molar-refractivity contribution in [2.24, 2.45) is 0 Å². The number of anilines is 1. The van der Waals surface area contributed by atoms with Crippen molar-refractivity contribution < 1.29 is 13.2 Å². The van der Waals surface area contributed by atoms with Gasteiger partial charge in [-0.2, -0.15) is 0 Å². The number of hydrogen-bond donors (Lipinski definition) is 1. The second-order valence-electron chi connectivity index (χ2n) is 5.30. The summed E-state index contributed by atoms with van der Waals surface area (Å²) in [6, 6.07) is 10.4. The van der Waals surface area contributed by atoms with Crippen molar-refractivity contribution in [1.82, 2.24) is 4.31 Å². The molecule has 7 heteroatoms. The lowest BCUT2D eigenvalue weighted by Gasteiger charge is -2.12. The average molecular weight is 352 g/mol. The van der Waals surface area contributed by atoms with Gasteiger partial charge in [0.2, 0.25) is 15.9 Å². The van der Waals surface area contributed by atoms with Crippen LogP contribution in [0.3, 0.4) is 0 Å². The van der Waals surface area contributed by atoms with Gasteiger partial charge in [-0.1, -0.05) is 12.1 Å². The topological polar surface area (TPSA) is 66.5 Å². The molecule has 1 aromatic carbocycles. The number of sulfonamides is 1. The Morgan fingerprint density at radius 3 is 2.65 bits per heavy atom. The van der Waals surface area contributed by atoms with Gasteiger partial charge in [0.15, 0.2) is 0 Å². The largest absolute Gasteiger partial charge is 0.326 e. The predicted molar refractivity (Wildman–Crippen MR) is 93.2 cm³/mol. The molecule has 0 saturated carbocycles. The van der Waals surface area contributed by atoms with Crippen LogP contribution in [0.15, 0.2) is 46.7 Å². The summed E-state index contributed by atoms with van der Waals surface area (Å²) >= 11 is 1.68. The Kier molecular flexibility index (Phi) is 5.92. The molecule has 1 aromatic heterocycles. The number of aryl methyl sites for hydroxylation is 1. The van der Waals surface area contributed by atoms with Gasteiger partial charge in [0.25, 0.3) is 0 Å². The number of carbonyl (C=O) groups is 1. The Morgan fingerprint density at radius 1 is 1.22 bits per heavy atom. The second-order valence-corrected chi connectivity index (χ2v) is 8.48. The summed E-state index contributed by atoms with van der Waals surface area (Å²) < 4.78 is 25.3. The van der Waals surface area contributed by atoms with Crippen LogP contribution in [0.5, 0.6) is 0 Å². The van der Waals surface area contributed by atoms with Crippen LogP contribution in [0.2, 0.25) is 0 Å². The molecule has 5 nitrogen and oxygen atoms in total. The monoisotopic (exact) mass is 352 g/mol. The number of nitrogens with zero attached hydrogens (tertiary/aromatic N) is 1. The van der Waals surface area contributed by atoms with E-state index in [1.54, 1.807) is 23.5 Å². The Hall–Kier alpha value is -1.70. The van der Waals surface area contributed by atoms with Gasteiger partial charge in [0, 0.05) is 31.1 Å². The summed E-state index contributed by atoms with van der Waals surface area (Å²) in [4.78, 5) is 13.4. The molecule has 0 unspecified atom stereocenters. The summed E-state index contributed by atoms with van der Waals surface area (Å²) in [5.41, 5.74) is 0.494. The van der Waals surface area contributed by atoms with Gasteiger partial charge >= 0.3 is 0 Å². The van der Waals surface area contributed by atoms with E-state index in [1.165, 1.54) is 31.1 Å². The molecule has 0 bridgehead atoms. The summed E-state index contributed by atoms with van der Waals surface area (Å²) in [5.74, 6) is -0.110. The van der Waals surface area contributed by atoms with E-state index in [0.717, 1.165) is 17.1 Å². The highest BCUT2D eigenvalue weighted by molar-refractivity contribution is 7.89. The van der Waals surface area contributed by atoms with Gasteiger partial charge in [0.05, 0.1) is 4.90 Å². The molecular weight excluding hydrogens is 332 g/mol. The highest BCUT2D eigenvalue weighted by Gasteiger charge is 2.17. The molecule has 0 aliphatic carbocycles. The normalized spacial score (nSPS) is 11.6. The molecule has 2 aromatic rings. The van der Waals surface area contributed by atoms with Gasteiger partial charge in [0.1, 0.15) is 0 Å². The van der Waals surface area contributed by atoms with E-state index in [-0.39, 0.29) is 10.8 Å². The second kappa shape index (κ2) is 7.72. The molecule has 2 rings (SSSR count). The minimum absolute atomic E-state index is 0.110. The van der Waals surface area contributed by atoms with E-state index in [4.69, 9.17) is 0 Å². The minimum Gasteiger partial charge on any atom is -0.326 e. The zero-order valence-corrected chi connectivity index (χ0v) is 14.8. The number of thiophene rings is 1. The third-order valence-corrected chi connectivity index (χ3v) is 6.05. The van der Waals surface area contributed by atoms with Crippen LogP contribution in [0, 0.1) is 0 Å². The average Bonchev–Trinajstić information content (AvgIpc) is 3.00. The van der Waals surface area contributed by atoms with Crippen molar-refractivity contribution in [3.8, 4) is 0 Å².